The van der Waals surface area contributed by atoms with Crippen molar-refractivity contribution < 1.29 is 4.79 Å². The van der Waals surface area contributed by atoms with Crippen LogP contribution in [0.2, 0.25) is 0 Å². The van der Waals surface area contributed by atoms with Crippen molar-refractivity contribution in [3.05, 3.63) is 29.8 Å². The van der Waals surface area contributed by atoms with Gasteiger partial charge in [-0.25, -0.2) is 4.98 Å². The van der Waals surface area contributed by atoms with Gasteiger partial charge >= 0.3 is 0 Å². The fraction of sp³-hybridized carbons (Fsp3) is 0.643. The number of carbonyl (C=O) groups excluding carboxylic acids is 1. The minimum Gasteiger partial charge on any atom is -0.367 e. The number of aryl methyl sites for hydroxylation is 1. The maximum atomic E-state index is 13.3. The number of anilines is 2. The Morgan fingerprint density at radius 2 is 1.63 bits per heavy atom. The first-order valence-electron chi connectivity index (χ1n) is 13.1. The van der Waals surface area contributed by atoms with E-state index in [1.165, 1.54) is 38.5 Å². The molecule has 7 heteroatoms. The Morgan fingerprint density at radius 3 is 2.26 bits per heavy atom. The van der Waals surface area contributed by atoms with Crippen LogP contribution in [0.1, 0.15) is 63.4 Å². The molecule has 2 heterocycles. The molecule has 1 aromatic carbocycles. The van der Waals surface area contributed by atoms with E-state index >= 15 is 0 Å². The third kappa shape index (κ3) is 5.42. The van der Waals surface area contributed by atoms with Crippen LogP contribution in [-0.4, -0.2) is 42.0 Å². The second-order valence-electron chi connectivity index (χ2n) is 11.9. The lowest BCUT2D eigenvalue weighted by Gasteiger charge is -2.56. The molecule has 1 aliphatic heterocycles. The minimum atomic E-state index is 0. The lowest BCUT2D eigenvalue weighted by Crippen LogP contribution is -2.47. The summed E-state index contributed by atoms with van der Waals surface area (Å²) in [6.45, 7) is 4.35. The van der Waals surface area contributed by atoms with Crippen molar-refractivity contribution in [1.29, 1.82) is 0 Å². The molecule has 1 amide bonds. The molecule has 0 unspecified atom stereocenters. The van der Waals surface area contributed by atoms with Gasteiger partial charge in [0.1, 0.15) is 5.82 Å². The normalized spacial score (nSPS) is 29.9. The van der Waals surface area contributed by atoms with Gasteiger partial charge in [-0.3, -0.25) is 4.79 Å². The van der Waals surface area contributed by atoms with Gasteiger partial charge in [-0.05, 0) is 125 Å². The Morgan fingerprint density at radius 1 is 1.00 bits per heavy atom. The Bertz CT molecular complexity index is 1030. The molecule has 5 aliphatic rings. The maximum Gasteiger partial charge on any atom is 0.224 e. The van der Waals surface area contributed by atoms with Crippen molar-refractivity contribution in [1.82, 2.24) is 9.88 Å². The smallest absolute Gasteiger partial charge is 0.224 e. The van der Waals surface area contributed by atoms with Crippen LogP contribution in [0.15, 0.2) is 24.3 Å². The summed E-state index contributed by atoms with van der Waals surface area (Å²) in [4.78, 5) is 20.6. The number of aromatic nitrogens is 1. The summed E-state index contributed by atoms with van der Waals surface area (Å²) < 4.78 is 0. The number of fused-ring (bicyclic) bond motifs is 1. The average Bonchev–Trinajstić information content (AvgIpc) is 2.76. The number of pyridine rings is 1. The van der Waals surface area contributed by atoms with Crippen LogP contribution in [0, 0.1) is 30.1 Å². The van der Waals surface area contributed by atoms with Gasteiger partial charge in [-0.1, -0.05) is 6.07 Å². The number of benzene rings is 1. The third-order valence-corrected chi connectivity index (χ3v) is 9.12. The number of likely N-dealkylation sites (tertiary alicyclic amines) is 1. The predicted octanol–water partition coefficient (Wildman–Crippen LogP) is 6.44. The minimum absolute atomic E-state index is 0. The Balaban J connectivity index is 0.00000144. The largest absolute Gasteiger partial charge is 0.367 e. The summed E-state index contributed by atoms with van der Waals surface area (Å²) in [7, 11) is 2.19. The molecule has 192 valence electrons. The van der Waals surface area contributed by atoms with Gasteiger partial charge in [0.15, 0.2) is 0 Å². The number of halogens is 2. The van der Waals surface area contributed by atoms with Crippen LogP contribution >= 0.6 is 24.8 Å². The van der Waals surface area contributed by atoms with Crippen LogP contribution in [0.3, 0.4) is 0 Å². The second kappa shape index (κ2) is 10.4. The van der Waals surface area contributed by atoms with Crippen molar-refractivity contribution in [3.63, 3.8) is 0 Å². The topological polar surface area (TPSA) is 57.3 Å². The molecule has 0 spiro atoms. The monoisotopic (exact) mass is 518 g/mol. The van der Waals surface area contributed by atoms with E-state index < -0.39 is 0 Å². The highest BCUT2D eigenvalue weighted by Gasteiger charge is 2.51. The summed E-state index contributed by atoms with van der Waals surface area (Å²) >= 11 is 0. The zero-order valence-corrected chi connectivity index (χ0v) is 22.6. The van der Waals surface area contributed by atoms with Crippen LogP contribution in [-0.2, 0) is 4.79 Å². The van der Waals surface area contributed by atoms with Crippen LogP contribution < -0.4 is 10.6 Å². The van der Waals surface area contributed by atoms with Gasteiger partial charge in [0.2, 0.25) is 5.91 Å². The molecule has 0 atom stereocenters. The lowest BCUT2D eigenvalue weighted by atomic mass is 9.49. The number of amides is 1. The van der Waals surface area contributed by atoms with Crippen LogP contribution in [0.5, 0.6) is 0 Å². The summed E-state index contributed by atoms with van der Waals surface area (Å²) in [5.41, 5.74) is 3.27. The highest BCUT2D eigenvalue weighted by molar-refractivity contribution is 6.02. The van der Waals surface area contributed by atoms with Gasteiger partial charge < -0.3 is 15.5 Å². The molecule has 4 bridgehead atoms. The van der Waals surface area contributed by atoms with Crippen molar-refractivity contribution in [2.75, 3.05) is 30.8 Å². The number of nitrogens with zero attached hydrogens (tertiary/aromatic N) is 2. The number of piperidine rings is 1. The zero-order valence-electron chi connectivity index (χ0n) is 21.0. The standard InChI is InChI=1S/C28H38N4O.2ClH/c1-18-3-5-24-23(4-6-25(30-24)29-22-7-9-32(2)10-8-22)27(18)31-26(33)17-28-14-19-11-20(15-28)13-21(12-19)16-28;;/h3-6,19-22H,7-17H2,1-2H3,(H,29,30)(H,31,33);2*1H. The third-order valence-electron chi connectivity index (χ3n) is 9.12. The molecule has 5 nitrogen and oxygen atoms in total. The van der Waals surface area contributed by atoms with E-state index in [9.17, 15) is 4.79 Å². The molecule has 4 saturated carbocycles. The van der Waals surface area contributed by atoms with E-state index in [4.69, 9.17) is 4.98 Å². The predicted molar refractivity (Wildman–Crippen MR) is 149 cm³/mol. The van der Waals surface area contributed by atoms with Gasteiger partial charge in [-0.2, -0.15) is 0 Å². The fourth-order valence-corrected chi connectivity index (χ4v) is 7.95. The van der Waals surface area contributed by atoms with Crippen molar-refractivity contribution >= 4 is 53.1 Å². The van der Waals surface area contributed by atoms with Crippen molar-refractivity contribution in [2.24, 2.45) is 23.2 Å². The number of hydrogen-bond acceptors (Lipinski definition) is 4. The Labute approximate surface area is 222 Å². The average molecular weight is 520 g/mol. The van der Waals surface area contributed by atoms with E-state index in [2.05, 4.69) is 53.8 Å². The molecule has 4 aliphatic carbocycles. The fourth-order valence-electron chi connectivity index (χ4n) is 7.95. The summed E-state index contributed by atoms with van der Waals surface area (Å²) in [6, 6.07) is 8.87. The molecule has 2 aromatic rings. The highest BCUT2D eigenvalue weighted by Crippen LogP contribution is 2.61. The molecule has 0 radical (unpaired) electrons. The SMILES string of the molecule is Cc1ccc2nc(NC3CCN(C)CC3)ccc2c1NC(=O)CC12CC3CC(CC(C3)C1)C2.Cl.Cl. The van der Waals surface area contributed by atoms with E-state index in [1.54, 1.807) is 0 Å². The Kier molecular flexibility index (Phi) is 7.90. The summed E-state index contributed by atoms with van der Waals surface area (Å²) in [5, 5.41) is 8.00. The second-order valence-corrected chi connectivity index (χ2v) is 11.9. The first-order chi connectivity index (χ1) is 15.9. The van der Waals surface area contributed by atoms with Crippen LogP contribution in [0.25, 0.3) is 10.9 Å². The summed E-state index contributed by atoms with van der Waals surface area (Å²) in [5.74, 6) is 3.77. The van der Waals surface area contributed by atoms with E-state index in [-0.39, 0.29) is 36.1 Å². The molecule has 5 fully saturated rings. The first-order valence-corrected chi connectivity index (χ1v) is 13.1. The highest BCUT2D eigenvalue weighted by atomic mass is 35.5. The van der Waals surface area contributed by atoms with Gasteiger partial charge in [0.05, 0.1) is 11.2 Å². The van der Waals surface area contributed by atoms with Crippen LogP contribution in [0.4, 0.5) is 11.5 Å². The van der Waals surface area contributed by atoms with Gasteiger partial charge in [0, 0.05) is 17.8 Å². The Hall–Kier alpha value is -1.56. The van der Waals surface area contributed by atoms with Gasteiger partial charge in [0.25, 0.3) is 0 Å². The van der Waals surface area contributed by atoms with E-state index in [0.29, 0.717) is 12.5 Å². The molecule has 35 heavy (non-hydrogen) atoms. The number of hydrogen-bond donors (Lipinski definition) is 2. The molecule has 2 N–H and O–H groups in total. The van der Waals surface area contributed by atoms with Gasteiger partial charge in [-0.15, -0.1) is 24.8 Å². The lowest BCUT2D eigenvalue weighted by molar-refractivity contribution is -0.124. The summed E-state index contributed by atoms with van der Waals surface area (Å²) in [6.07, 6.45) is 11.1. The van der Waals surface area contributed by atoms with E-state index in [1.807, 2.05) is 0 Å². The quantitative estimate of drug-likeness (QED) is 0.478. The molecule has 1 saturated heterocycles. The van der Waals surface area contributed by atoms with Crippen molar-refractivity contribution in [2.45, 2.75) is 70.8 Å². The first kappa shape index (κ1) is 26.5. The molecule has 1 aromatic heterocycles. The molecular weight excluding hydrogens is 479 g/mol. The number of carbonyl (C=O) groups is 1. The van der Waals surface area contributed by atoms with Crippen molar-refractivity contribution in [3.8, 4) is 0 Å². The number of rotatable bonds is 5. The molecular formula is C28H40Cl2N4O. The van der Waals surface area contributed by atoms with E-state index in [0.717, 1.165) is 71.7 Å². The maximum absolute atomic E-state index is 13.3. The molecule has 7 rings (SSSR count). The number of nitrogens with one attached hydrogen (secondary N) is 2. The zero-order chi connectivity index (χ0) is 22.6.